The molecule has 0 fully saturated rings. The maximum Gasteiger partial charge on any atom is 0.0540 e. The molecule has 0 saturated heterocycles. The van der Waals surface area contributed by atoms with Gasteiger partial charge < -0.3 is 4.90 Å². The molecule has 0 spiro atoms. The second-order valence-corrected chi connectivity index (χ2v) is 14.4. The Balaban J connectivity index is 1.14. The van der Waals surface area contributed by atoms with Gasteiger partial charge in [-0.3, -0.25) is 0 Å². The van der Waals surface area contributed by atoms with Gasteiger partial charge in [-0.2, -0.15) is 0 Å². The molecule has 0 heterocycles. The molecular formula is C54H35N. The standard InChI is InChI=1S/C54H35N/c1-2-16-38(17-3-1)55(53-28-14-12-18-39(53)36-30-32-49-45-24-6-4-20-41(45)43-22-8-10-26-47(43)51(49)34-36)54-29-15-13-19-40(54)37-31-33-50-46-25-7-5-21-42(46)44-23-9-11-27-48(44)52(50)35-37/h1-35H. The first-order valence-corrected chi connectivity index (χ1v) is 19.0. The number of benzene rings is 11. The van der Waals surface area contributed by atoms with Gasteiger partial charge in [0.1, 0.15) is 0 Å². The van der Waals surface area contributed by atoms with Gasteiger partial charge in [-0.25, -0.2) is 0 Å². The minimum Gasteiger partial charge on any atom is -0.309 e. The van der Waals surface area contributed by atoms with Crippen molar-refractivity contribution < 1.29 is 0 Å². The quantitative estimate of drug-likeness (QED) is 0.162. The number of para-hydroxylation sites is 3. The van der Waals surface area contributed by atoms with Gasteiger partial charge in [0.15, 0.2) is 0 Å². The highest BCUT2D eigenvalue weighted by Crippen LogP contribution is 2.47. The third-order valence-corrected chi connectivity index (χ3v) is 11.4. The number of hydrogen-bond acceptors (Lipinski definition) is 1. The second-order valence-electron chi connectivity index (χ2n) is 14.4. The van der Waals surface area contributed by atoms with Crippen LogP contribution in [0, 0.1) is 0 Å². The Bertz CT molecular complexity index is 3000. The topological polar surface area (TPSA) is 3.24 Å². The molecular weight excluding hydrogens is 663 g/mol. The first-order chi connectivity index (χ1) is 27.3. The van der Waals surface area contributed by atoms with Gasteiger partial charge in [0.05, 0.1) is 11.4 Å². The predicted octanol–water partition coefficient (Wildman–Crippen LogP) is 15.4. The molecule has 55 heavy (non-hydrogen) atoms. The van der Waals surface area contributed by atoms with Gasteiger partial charge >= 0.3 is 0 Å². The summed E-state index contributed by atoms with van der Waals surface area (Å²) < 4.78 is 0. The van der Waals surface area contributed by atoms with E-state index >= 15 is 0 Å². The van der Waals surface area contributed by atoms with Gasteiger partial charge in [0.25, 0.3) is 0 Å². The lowest BCUT2D eigenvalue weighted by Gasteiger charge is -2.30. The lowest BCUT2D eigenvalue weighted by molar-refractivity contribution is 1.28. The minimum atomic E-state index is 1.11. The molecule has 0 unspecified atom stereocenters. The van der Waals surface area contributed by atoms with E-state index in [1.807, 2.05) is 0 Å². The molecule has 11 aromatic carbocycles. The van der Waals surface area contributed by atoms with Crippen molar-refractivity contribution in [3.8, 4) is 22.3 Å². The number of rotatable bonds is 5. The molecule has 0 aromatic heterocycles. The van der Waals surface area contributed by atoms with E-state index in [0.29, 0.717) is 0 Å². The summed E-state index contributed by atoms with van der Waals surface area (Å²) in [5.41, 5.74) is 8.09. The second kappa shape index (κ2) is 12.7. The highest BCUT2D eigenvalue weighted by atomic mass is 15.1. The number of anilines is 3. The summed E-state index contributed by atoms with van der Waals surface area (Å²) in [5.74, 6) is 0. The fourth-order valence-corrected chi connectivity index (χ4v) is 8.96. The van der Waals surface area contributed by atoms with Crippen molar-refractivity contribution in [1.29, 1.82) is 0 Å². The Labute approximate surface area is 320 Å². The van der Waals surface area contributed by atoms with Crippen LogP contribution >= 0.6 is 0 Å². The Hall–Kier alpha value is -7.22. The highest BCUT2D eigenvalue weighted by molar-refractivity contribution is 6.27. The molecule has 256 valence electrons. The summed E-state index contributed by atoms with van der Waals surface area (Å²) in [6, 6.07) is 77.8. The molecule has 0 aliphatic carbocycles. The summed E-state index contributed by atoms with van der Waals surface area (Å²) in [6.07, 6.45) is 0. The van der Waals surface area contributed by atoms with Crippen LogP contribution in [0.2, 0.25) is 0 Å². The Morgan fingerprint density at radius 2 is 0.509 bits per heavy atom. The van der Waals surface area contributed by atoms with E-state index in [0.717, 1.165) is 17.1 Å². The average molecular weight is 698 g/mol. The molecule has 0 bridgehead atoms. The number of fused-ring (bicyclic) bond motifs is 12. The van der Waals surface area contributed by atoms with E-state index in [1.54, 1.807) is 0 Å². The molecule has 11 aromatic rings. The fourth-order valence-electron chi connectivity index (χ4n) is 8.96. The largest absolute Gasteiger partial charge is 0.309 e. The SMILES string of the molecule is c1ccc(N(c2ccccc2-c2ccc3c4ccccc4c4ccccc4c3c2)c2ccccc2-c2ccc3c4ccccc4c4ccccc4c3c2)cc1. The van der Waals surface area contributed by atoms with Gasteiger partial charge in [-0.05, 0) is 112 Å². The summed E-state index contributed by atoms with van der Waals surface area (Å²) in [5, 5.41) is 15.4. The fraction of sp³-hybridized carbons (Fsp3) is 0. The first-order valence-electron chi connectivity index (χ1n) is 19.0. The number of nitrogens with zero attached hydrogens (tertiary/aromatic N) is 1. The zero-order valence-corrected chi connectivity index (χ0v) is 30.2. The Kier molecular flexibility index (Phi) is 7.25. The van der Waals surface area contributed by atoms with Crippen LogP contribution in [0.3, 0.4) is 0 Å². The monoisotopic (exact) mass is 697 g/mol. The summed E-state index contributed by atoms with van der Waals surface area (Å²) >= 11 is 0. The molecule has 0 radical (unpaired) electrons. The molecule has 0 atom stereocenters. The van der Waals surface area contributed by atoms with Crippen LogP contribution in [0.5, 0.6) is 0 Å². The van der Waals surface area contributed by atoms with Crippen LogP contribution in [0.15, 0.2) is 212 Å². The predicted molar refractivity (Wildman–Crippen MR) is 237 cm³/mol. The van der Waals surface area contributed by atoms with Gasteiger partial charge in [-0.1, -0.05) is 176 Å². The summed E-state index contributed by atoms with van der Waals surface area (Å²) in [6.45, 7) is 0. The maximum atomic E-state index is 2.44. The minimum absolute atomic E-state index is 1.11. The van der Waals surface area contributed by atoms with Crippen LogP contribution in [0.25, 0.3) is 86.9 Å². The van der Waals surface area contributed by atoms with Gasteiger partial charge in [-0.15, -0.1) is 0 Å². The van der Waals surface area contributed by atoms with E-state index in [4.69, 9.17) is 0 Å². The molecule has 0 aliphatic rings. The molecule has 11 rings (SSSR count). The van der Waals surface area contributed by atoms with Gasteiger partial charge in [0.2, 0.25) is 0 Å². The highest BCUT2D eigenvalue weighted by Gasteiger charge is 2.21. The van der Waals surface area contributed by atoms with Crippen LogP contribution in [-0.4, -0.2) is 0 Å². The molecule has 1 nitrogen and oxygen atoms in total. The van der Waals surface area contributed by atoms with Crippen LogP contribution in [0.1, 0.15) is 0 Å². The van der Waals surface area contributed by atoms with Crippen molar-refractivity contribution in [2.75, 3.05) is 4.90 Å². The van der Waals surface area contributed by atoms with Crippen molar-refractivity contribution >= 4 is 81.7 Å². The maximum absolute atomic E-state index is 2.44. The Morgan fingerprint density at radius 3 is 0.891 bits per heavy atom. The van der Waals surface area contributed by atoms with E-state index in [-0.39, 0.29) is 0 Å². The average Bonchev–Trinajstić information content (AvgIpc) is 3.27. The summed E-state index contributed by atoms with van der Waals surface area (Å²) in [7, 11) is 0. The molecule has 1 heteroatoms. The lowest BCUT2D eigenvalue weighted by Crippen LogP contribution is -2.12. The van der Waals surface area contributed by atoms with Crippen molar-refractivity contribution in [1.82, 2.24) is 0 Å². The molecule has 0 N–H and O–H groups in total. The van der Waals surface area contributed by atoms with Crippen molar-refractivity contribution in [3.05, 3.63) is 212 Å². The van der Waals surface area contributed by atoms with E-state index < -0.39 is 0 Å². The summed E-state index contributed by atoms with van der Waals surface area (Å²) in [4.78, 5) is 2.44. The Morgan fingerprint density at radius 1 is 0.218 bits per heavy atom. The van der Waals surface area contributed by atoms with Crippen LogP contribution in [-0.2, 0) is 0 Å². The van der Waals surface area contributed by atoms with Crippen molar-refractivity contribution in [2.45, 2.75) is 0 Å². The third kappa shape index (κ3) is 5.01. The van der Waals surface area contributed by atoms with E-state index in [1.165, 1.54) is 86.9 Å². The zero-order chi connectivity index (χ0) is 36.3. The molecule has 0 amide bonds. The lowest BCUT2D eigenvalue weighted by atomic mass is 9.91. The first kappa shape index (κ1) is 31.3. The molecule has 0 saturated carbocycles. The van der Waals surface area contributed by atoms with Crippen molar-refractivity contribution in [2.24, 2.45) is 0 Å². The molecule has 0 aliphatic heterocycles. The van der Waals surface area contributed by atoms with Crippen molar-refractivity contribution in [3.63, 3.8) is 0 Å². The van der Waals surface area contributed by atoms with Crippen LogP contribution < -0.4 is 4.90 Å². The smallest absolute Gasteiger partial charge is 0.0540 e. The third-order valence-electron chi connectivity index (χ3n) is 11.4. The zero-order valence-electron chi connectivity index (χ0n) is 30.2. The van der Waals surface area contributed by atoms with E-state index in [9.17, 15) is 0 Å². The van der Waals surface area contributed by atoms with Gasteiger partial charge in [0, 0.05) is 16.8 Å². The number of hydrogen-bond donors (Lipinski definition) is 0. The van der Waals surface area contributed by atoms with E-state index in [2.05, 4.69) is 217 Å². The normalized spacial score (nSPS) is 11.6. The van der Waals surface area contributed by atoms with Crippen LogP contribution in [0.4, 0.5) is 17.1 Å².